The molecule has 29 heavy (non-hydrogen) atoms. The first kappa shape index (κ1) is 19.4. The van der Waals surface area contributed by atoms with Crippen LogP contribution in [0, 0.1) is 0 Å². The fourth-order valence-corrected chi connectivity index (χ4v) is 4.57. The van der Waals surface area contributed by atoms with E-state index in [9.17, 15) is 13.2 Å². The predicted octanol–water partition coefficient (Wildman–Crippen LogP) is 1.84. The maximum atomic E-state index is 12.7. The number of benzene rings is 1. The monoisotopic (exact) mass is 420 g/mol. The van der Waals surface area contributed by atoms with E-state index in [2.05, 4.69) is 15.5 Å². The number of piperidine rings is 1. The third-order valence-electron chi connectivity index (χ3n) is 4.57. The molecular formula is C18H20N4O6S. The molecule has 0 unspecified atom stereocenters. The molecule has 2 aliphatic heterocycles. The molecule has 0 spiro atoms. The molecule has 2 aromatic rings. The zero-order valence-corrected chi connectivity index (χ0v) is 16.4. The Kier molecular flexibility index (Phi) is 5.49. The zero-order chi connectivity index (χ0) is 20.3. The van der Waals surface area contributed by atoms with Crippen molar-refractivity contribution in [3.8, 4) is 0 Å². The Morgan fingerprint density at radius 3 is 2.48 bits per heavy atom. The summed E-state index contributed by atoms with van der Waals surface area (Å²) in [6.45, 7) is 1.85. The number of sulfonamides is 1. The van der Waals surface area contributed by atoms with E-state index in [1.54, 1.807) is 0 Å². The van der Waals surface area contributed by atoms with Gasteiger partial charge >= 0.3 is 6.01 Å². The Balaban J connectivity index is 1.43. The second-order valence-corrected chi connectivity index (χ2v) is 8.49. The largest absolute Gasteiger partial charge is 0.494 e. The van der Waals surface area contributed by atoms with Crippen molar-refractivity contribution in [3.63, 3.8) is 0 Å². The van der Waals surface area contributed by atoms with Crippen molar-refractivity contribution in [2.75, 3.05) is 31.6 Å². The number of hydrogen-bond acceptors (Lipinski definition) is 8. The van der Waals surface area contributed by atoms with Crippen molar-refractivity contribution in [2.45, 2.75) is 24.2 Å². The van der Waals surface area contributed by atoms with E-state index in [4.69, 9.17) is 13.9 Å². The second-order valence-electron chi connectivity index (χ2n) is 6.56. The molecule has 0 aliphatic carbocycles. The lowest BCUT2D eigenvalue weighted by molar-refractivity contribution is 0.102. The van der Waals surface area contributed by atoms with Gasteiger partial charge in [0.2, 0.25) is 15.8 Å². The van der Waals surface area contributed by atoms with Gasteiger partial charge in [-0.15, -0.1) is 5.10 Å². The molecule has 10 nitrogen and oxygen atoms in total. The van der Waals surface area contributed by atoms with Gasteiger partial charge in [-0.05, 0) is 37.1 Å². The molecule has 0 atom stereocenters. The van der Waals surface area contributed by atoms with Gasteiger partial charge in [-0.3, -0.25) is 10.1 Å². The van der Waals surface area contributed by atoms with Crippen molar-refractivity contribution < 1.29 is 27.1 Å². The van der Waals surface area contributed by atoms with Crippen LogP contribution in [-0.4, -0.2) is 55.1 Å². The molecule has 1 aromatic carbocycles. The minimum Gasteiger partial charge on any atom is -0.494 e. The van der Waals surface area contributed by atoms with Crippen LogP contribution >= 0.6 is 0 Å². The van der Waals surface area contributed by atoms with Crippen LogP contribution in [0.3, 0.4) is 0 Å². The first-order valence-electron chi connectivity index (χ1n) is 9.24. The van der Waals surface area contributed by atoms with Crippen molar-refractivity contribution >= 4 is 27.7 Å². The number of nitrogens with one attached hydrogen (secondary N) is 1. The molecule has 11 heteroatoms. The number of carbonyl (C=O) groups is 1. The molecule has 0 saturated carbocycles. The molecule has 1 aromatic heterocycles. The Bertz CT molecular complexity index is 1010. The zero-order valence-electron chi connectivity index (χ0n) is 15.5. The maximum absolute atomic E-state index is 12.7. The normalized spacial score (nSPS) is 17.7. The van der Waals surface area contributed by atoms with E-state index in [0.29, 0.717) is 26.3 Å². The summed E-state index contributed by atoms with van der Waals surface area (Å²) in [7, 11) is -3.54. The molecule has 1 fully saturated rings. The van der Waals surface area contributed by atoms with Gasteiger partial charge in [-0.2, -0.15) is 4.31 Å². The van der Waals surface area contributed by atoms with Crippen molar-refractivity contribution in [3.05, 3.63) is 42.0 Å². The first-order valence-corrected chi connectivity index (χ1v) is 10.7. The predicted molar refractivity (Wildman–Crippen MR) is 101 cm³/mol. The van der Waals surface area contributed by atoms with Gasteiger partial charge in [-0.25, -0.2) is 8.42 Å². The number of nitrogens with zero attached hydrogens (tertiary/aromatic N) is 3. The number of carbonyl (C=O) groups excluding carboxylic acids is 1. The molecule has 154 valence electrons. The Hall–Kier alpha value is -2.92. The number of rotatable bonds is 5. The van der Waals surface area contributed by atoms with Crippen LogP contribution in [0.2, 0.25) is 0 Å². The quantitative estimate of drug-likeness (QED) is 0.777. The van der Waals surface area contributed by atoms with Crippen molar-refractivity contribution in [1.82, 2.24) is 14.5 Å². The molecular weight excluding hydrogens is 400 g/mol. The van der Waals surface area contributed by atoms with E-state index in [-0.39, 0.29) is 28.1 Å². The van der Waals surface area contributed by atoms with E-state index < -0.39 is 15.9 Å². The number of amides is 1. The standard InChI is InChI=1S/C18H20N4O6S/c23-16(19-18-21-20-17(28-18)15-12-26-10-11-27-15)13-4-6-14(7-5-13)29(24,25)22-8-2-1-3-9-22/h4-7,12H,1-3,8-11H2,(H,19,21,23). The minimum atomic E-state index is -3.54. The molecule has 3 heterocycles. The van der Waals surface area contributed by atoms with Crippen LogP contribution in [0.15, 0.2) is 39.8 Å². The SMILES string of the molecule is O=C(Nc1nnc(C2=COCCO2)o1)c1ccc(S(=O)(=O)N2CCCCC2)cc1. The fourth-order valence-electron chi connectivity index (χ4n) is 3.06. The third-order valence-corrected chi connectivity index (χ3v) is 6.49. The lowest BCUT2D eigenvalue weighted by Gasteiger charge is -2.25. The van der Waals surface area contributed by atoms with E-state index >= 15 is 0 Å². The average molecular weight is 420 g/mol. The van der Waals surface area contributed by atoms with Gasteiger partial charge in [0.15, 0.2) is 0 Å². The van der Waals surface area contributed by atoms with Crippen LogP contribution in [0.25, 0.3) is 5.76 Å². The maximum Gasteiger partial charge on any atom is 0.322 e. The topological polar surface area (TPSA) is 124 Å². The van der Waals surface area contributed by atoms with Gasteiger partial charge in [0.1, 0.15) is 19.5 Å². The highest BCUT2D eigenvalue weighted by molar-refractivity contribution is 7.89. The van der Waals surface area contributed by atoms with Crippen molar-refractivity contribution in [2.24, 2.45) is 0 Å². The Morgan fingerprint density at radius 2 is 1.79 bits per heavy atom. The van der Waals surface area contributed by atoms with Gasteiger partial charge in [0, 0.05) is 18.7 Å². The first-order chi connectivity index (χ1) is 14.0. The van der Waals surface area contributed by atoms with Crippen LogP contribution < -0.4 is 5.32 Å². The molecule has 1 saturated heterocycles. The molecule has 1 N–H and O–H groups in total. The highest BCUT2D eigenvalue weighted by Crippen LogP contribution is 2.22. The molecule has 4 rings (SSSR count). The van der Waals surface area contributed by atoms with Crippen LogP contribution in [0.1, 0.15) is 35.5 Å². The summed E-state index contributed by atoms with van der Waals surface area (Å²) in [6, 6.07) is 5.64. The van der Waals surface area contributed by atoms with Crippen LogP contribution in [0.5, 0.6) is 0 Å². The summed E-state index contributed by atoms with van der Waals surface area (Å²) in [4.78, 5) is 12.6. The van der Waals surface area contributed by atoms with E-state index in [1.165, 1.54) is 34.8 Å². The summed E-state index contributed by atoms with van der Waals surface area (Å²) < 4.78 is 42.6. The van der Waals surface area contributed by atoms with E-state index in [1.807, 2.05) is 0 Å². The van der Waals surface area contributed by atoms with Gasteiger partial charge in [0.25, 0.3) is 11.8 Å². The Labute approximate surface area is 167 Å². The lowest BCUT2D eigenvalue weighted by atomic mass is 10.2. The summed E-state index contributed by atoms with van der Waals surface area (Å²) in [5.74, 6) is -0.128. The third kappa shape index (κ3) is 4.25. The molecule has 0 radical (unpaired) electrons. The highest BCUT2D eigenvalue weighted by atomic mass is 32.2. The number of aromatic nitrogens is 2. The summed E-state index contributed by atoms with van der Waals surface area (Å²) in [5, 5.41) is 10.0. The molecule has 2 aliphatic rings. The molecule has 1 amide bonds. The van der Waals surface area contributed by atoms with Crippen LogP contribution in [0.4, 0.5) is 6.01 Å². The summed E-state index contributed by atoms with van der Waals surface area (Å²) >= 11 is 0. The van der Waals surface area contributed by atoms with E-state index in [0.717, 1.165) is 19.3 Å². The van der Waals surface area contributed by atoms with Crippen LogP contribution in [-0.2, 0) is 19.5 Å². The minimum absolute atomic E-state index is 0.0861. The highest BCUT2D eigenvalue weighted by Gasteiger charge is 2.26. The van der Waals surface area contributed by atoms with Gasteiger partial charge in [-0.1, -0.05) is 11.5 Å². The summed E-state index contributed by atoms with van der Waals surface area (Å²) in [6.07, 6.45) is 4.13. The average Bonchev–Trinajstić information content (AvgIpc) is 3.23. The number of ether oxygens (including phenoxy) is 2. The summed E-state index contributed by atoms with van der Waals surface area (Å²) in [5.41, 5.74) is 0.263. The Morgan fingerprint density at radius 1 is 1.03 bits per heavy atom. The smallest absolute Gasteiger partial charge is 0.322 e. The number of anilines is 1. The van der Waals surface area contributed by atoms with Gasteiger partial charge < -0.3 is 13.9 Å². The van der Waals surface area contributed by atoms with Gasteiger partial charge in [0.05, 0.1) is 4.90 Å². The fraction of sp³-hybridized carbons (Fsp3) is 0.389. The second kappa shape index (κ2) is 8.21. The molecule has 0 bridgehead atoms. The number of hydrogen-bond donors (Lipinski definition) is 1. The lowest BCUT2D eigenvalue weighted by Crippen LogP contribution is -2.35. The van der Waals surface area contributed by atoms with Crippen molar-refractivity contribution in [1.29, 1.82) is 0 Å².